The molecule has 0 saturated carbocycles. The van der Waals surface area contributed by atoms with Crippen molar-refractivity contribution in [2.75, 3.05) is 19.8 Å². The Morgan fingerprint density at radius 3 is 2.77 bits per heavy atom. The van der Waals surface area contributed by atoms with Crippen LogP contribution in [0, 0.1) is 5.92 Å². The highest BCUT2D eigenvalue weighted by Gasteiger charge is 2.23. The number of pyridine rings is 1. The minimum Gasteiger partial charge on any atom is -0.381 e. The number of hydrogen-bond donors (Lipinski definition) is 0. The summed E-state index contributed by atoms with van der Waals surface area (Å²) in [6, 6.07) is 3.38. The molecule has 5 rings (SSSR count). The lowest BCUT2D eigenvalue weighted by atomic mass is 10.0. The molecule has 0 amide bonds. The Bertz CT molecular complexity index is 1340. The molecule has 0 N–H and O–H groups in total. The van der Waals surface area contributed by atoms with Crippen LogP contribution < -0.4 is 0 Å². The summed E-state index contributed by atoms with van der Waals surface area (Å²) in [4.78, 5) is 23.1. The highest BCUT2D eigenvalue weighted by atomic mass is 35.5. The third kappa shape index (κ3) is 5.35. The van der Waals surface area contributed by atoms with Crippen LogP contribution in [0.5, 0.6) is 0 Å². The van der Waals surface area contributed by atoms with Crippen molar-refractivity contribution in [3.8, 4) is 5.82 Å². The average molecular weight is 516 g/mol. The molecule has 35 heavy (non-hydrogen) atoms. The third-order valence-corrected chi connectivity index (χ3v) is 6.30. The Morgan fingerprint density at radius 2 is 2.03 bits per heavy atom. The van der Waals surface area contributed by atoms with E-state index in [1.54, 1.807) is 29.0 Å². The molecular weight excluding hydrogens is 493 g/mol. The number of rotatable bonds is 9. The van der Waals surface area contributed by atoms with Gasteiger partial charge in [-0.3, -0.25) is 4.79 Å². The van der Waals surface area contributed by atoms with Gasteiger partial charge in [-0.15, -0.1) is 4.80 Å². The Morgan fingerprint density at radius 1 is 1.20 bits per heavy atom. The van der Waals surface area contributed by atoms with E-state index in [0.29, 0.717) is 46.3 Å². The molecule has 0 bridgehead atoms. The number of aromatic nitrogens is 7. The van der Waals surface area contributed by atoms with E-state index in [1.165, 1.54) is 17.2 Å². The standard InChI is InChI=1S/C23H23Cl2N7O3/c1-14(35-13-15-2-5-34-12-15)22-17(11-26-21-9-20(25)30-31(21)22)8-18(33)6-16-7-19(24)23(27-10-16)32-28-3-4-29-32/h3-4,7,9-11,14-15H,2,5-6,8,12-13H2,1H3/t14-,15+/m0/s1. The monoisotopic (exact) mass is 515 g/mol. The van der Waals surface area contributed by atoms with E-state index in [1.807, 2.05) is 6.92 Å². The van der Waals surface area contributed by atoms with Crippen LogP contribution in [0.15, 0.2) is 36.9 Å². The van der Waals surface area contributed by atoms with Crippen LogP contribution in [0.3, 0.4) is 0 Å². The van der Waals surface area contributed by atoms with Crippen LogP contribution in [0.2, 0.25) is 10.2 Å². The van der Waals surface area contributed by atoms with E-state index >= 15 is 0 Å². The number of fused-ring (bicyclic) bond motifs is 1. The predicted molar refractivity (Wildman–Crippen MR) is 128 cm³/mol. The number of halogens is 2. The summed E-state index contributed by atoms with van der Waals surface area (Å²) in [7, 11) is 0. The molecule has 4 aromatic heterocycles. The minimum atomic E-state index is -0.322. The van der Waals surface area contributed by atoms with Gasteiger partial charge in [-0.05, 0) is 25.0 Å². The Balaban J connectivity index is 1.34. The Kier molecular flexibility index (Phi) is 7.05. The molecule has 0 aromatic carbocycles. The van der Waals surface area contributed by atoms with Gasteiger partial charge in [0.05, 0.1) is 42.4 Å². The number of Topliss-reactive ketones (excluding diaryl/α,β-unsaturated/α-hetero) is 1. The van der Waals surface area contributed by atoms with E-state index in [9.17, 15) is 4.79 Å². The zero-order valence-electron chi connectivity index (χ0n) is 19.0. The zero-order valence-corrected chi connectivity index (χ0v) is 20.5. The molecule has 0 radical (unpaired) electrons. The van der Waals surface area contributed by atoms with Gasteiger partial charge in [0.2, 0.25) is 0 Å². The lowest BCUT2D eigenvalue weighted by Crippen LogP contribution is -2.18. The van der Waals surface area contributed by atoms with Gasteiger partial charge in [-0.25, -0.2) is 14.5 Å². The maximum atomic E-state index is 13.0. The quantitative estimate of drug-likeness (QED) is 0.333. The molecule has 0 unspecified atom stereocenters. The van der Waals surface area contributed by atoms with Gasteiger partial charge in [-0.2, -0.15) is 15.3 Å². The van der Waals surface area contributed by atoms with E-state index in [4.69, 9.17) is 32.7 Å². The number of hydrogen-bond acceptors (Lipinski definition) is 8. The van der Waals surface area contributed by atoms with E-state index in [2.05, 4.69) is 25.3 Å². The number of nitrogens with zero attached hydrogens (tertiary/aromatic N) is 7. The normalized spacial score (nSPS) is 16.7. The smallest absolute Gasteiger partial charge is 0.193 e. The molecule has 0 aliphatic carbocycles. The number of carbonyl (C=O) groups excluding carboxylic acids is 1. The fourth-order valence-electron chi connectivity index (χ4n) is 4.14. The number of ether oxygens (including phenoxy) is 2. The first kappa shape index (κ1) is 23.8. The van der Waals surface area contributed by atoms with E-state index in [-0.39, 0.29) is 24.7 Å². The minimum absolute atomic E-state index is 0.0233. The second kappa shape index (κ2) is 10.4. The highest BCUT2D eigenvalue weighted by Crippen LogP contribution is 2.26. The van der Waals surface area contributed by atoms with Crippen LogP contribution >= 0.6 is 23.2 Å². The van der Waals surface area contributed by atoms with Crippen LogP contribution in [-0.4, -0.2) is 60.2 Å². The molecule has 182 valence electrons. The maximum absolute atomic E-state index is 13.0. The summed E-state index contributed by atoms with van der Waals surface area (Å²) in [5.74, 6) is 0.738. The van der Waals surface area contributed by atoms with Crippen molar-refractivity contribution < 1.29 is 14.3 Å². The molecule has 10 nitrogen and oxygen atoms in total. The molecule has 0 spiro atoms. The number of carbonyl (C=O) groups is 1. The van der Waals surface area contributed by atoms with E-state index < -0.39 is 0 Å². The van der Waals surface area contributed by atoms with Gasteiger partial charge >= 0.3 is 0 Å². The molecular formula is C23H23Cl2N7O3. The summed E-state index contributed by atoms with van der Waals surface area (Å²) in [5.41, 5.74) is 2.78. The van der Waals surface area contributed by atoms with Crippen molar-refractivity contribution in [2.45, 2.75) is 32.3 Å². The fourth-order valence-corrected chi connectivity index (χ4v) is 4.58. The summed E-state index contributed by atoms with van der Waals surface area (Å²) < 4.78 is 13.3. The van der Waals surface area contributed by atoms with Crippen molar-refractivity contribution in [1.29, 1.82) is 0 Å². The second-order valence-corrected chi connectivity index (χ2v) is 9.27. The van der Waals surface area contributed by atoms with Crippen molar-refractivity contribution >= 4 is 34.6 Å². The van der Waals surface area contributed by atoms with Crippen molar-refractivity contribution in [3.63, 3.8) is 0 Å². The molecule has 5 heterocycles. The molecule has 1 fully saturated rings. The second-order valence-electron chi connectivity index (χ2n) is 8.47. The highest BCUT2D eigenvalue weighted by molar-refractivity contribution is 6.32. The Hall–Kier alpha value is -2.92. The summed E-state index contributed by atoms with van der Waals surface area (Å²) in [5, 5.41) is 13.1. The number of ketones is 1. The first-order valence-corrected chi connectivity index (χ1v) is 12.0. The van der Waals surface area contributed by atoms with Crippen LogP contribution in [0.4, 0.5) is 0 Å². The summed E-state index contributed by atoms with van der Waals surface area (Å²) in [6.07, 6.45) is 7.33. The molecule has 1 saturated heterocycles. The topological polar surface area (TPSA) is 109 Å². The SMILES string of the molecule is C[C@H](OC[C@@H]1CCOC1)c1c(CC(=O)Cc2cnc(-n3nccn3)c(Cl)c2)cnc2cc(Cl)nn12. The van der Waals surface area contributed by atoms with Crippen molar-refractivity contribution in [1.82, 2.24) is 34.6 Å². The van der Waals surface area contributed by atoms with Gasteiger partial charge in [0.1, 0.15) is 5.78 Å². The van der Waals surface area contributed by atoms with Crippen LogP contribution in [-0.2, 0) is 27.1 Å². The van der Waals surface area contributed by atoms with E-state index in [0.717, 1.165) is 24.3 Å². The summed E-state index contributed by atoms with van der Waals surface area (Å²) >= 11 is 12.5. The molecule has 2 atom stereocenters. The molecule has 1 aliphatic rings. The molecule has 1 aliphatic heterocycles. The summed E-state index contributed by atoms with van der Waals surface area (Å²) in [6.45, 7) is 3.97. The predicted octanol–water partition coefficient (Wildman–Crippen LogP) is 3.48. The maximum Gasteiger partial charge on any atom is 0.193 e. The first-order chi connectivity index (χ1) is 17.0. The van der Waals surface area contributed by atoms with Crippen LogP contribution in [0.25, 0.3) is 11.5 Å². The molecule has 4 aromatic rings. The van der Waals surface area contributed by atoms with Gasteiger partial charge in [0.15, 0.2) is 16.6 Å². The zero-order chi connectivity index (χ0) is 24.4. The lowest BCUT2D eigenvalue weighted by molar-refractivity contribution is -0.117. The van der Waals surface area contributed by atoms with Gasteiger partial charge < -0.3 is 9.47 Å². The van der Waals surface area contributed by atoms with Crippen molar-refractivity contribution in [3.05, 3.63) is 63.9 Å². The Labute approximate surface area is 211 Å². The van der Waals surface area contributed by atoms with Crippen molar-refractivity contribution in [2.24, 2.45) is 5.92 Å². The first-order valence-electron chi connectivity index (χ1n) is 11.2. The molecule has 12 heteroatoms. The van der Waals surface area contributed by atoms with Gasteiger partial charge in [0.25, 0.3) is 0 Å². The average Bonchev–Trinajstić information content (AvgIpc) is 3.59. The lowest BCUT2D eigenvalue weighted by Gasteiger charge is -2.19. The fraction of sp³-hybridized carbons (Fsp3) is 0.391. The van der Waals surface area contributed by atoms with Crippen LogP contribution in [0.1, 0.15) is 36.3 Å². The van der Waals surface area contributed by atoms with Gasteiger partial charge in [0, 0.05) is 49.4 Å². The third-order valence-electron chi connectivity index (χ3n) is 5.84. The van der Waals surface area contributed by atoms with Gasteiger partial charge in [-0.1, -0.05) is 23.2 Å². The largest absolute Gasteiger partial charge is 0.381 e.